The number of fused-ring (bicyclic) bond motifs is 1. The van der Waals surface area contributed by atoms with Gasteiger partial charge in [0.25, 0.3) is 11.6 Å². The Morgan fingerprint density at radius 2 is 1.58 bits per heavy atom. The number of allylic oxidation sites excluding steroid dienone is 2. The normalized spacial score (nSPS) is 13.2. The van der Waals surface area contributed by atoms with Gasteiger partial charge in [-0.2, -0.15) is 9.78 Å². The van der Waals surface area contributed by atoms with Crippen molar-refractivity contribution < 1.29 is 9.72 Å². The number of hydrogen-bond donors (Lipinski definition) is 0. The van der Waals surface area contributed by atoms with E-state index in [0.717, 1.165) is 33.7 Å². The van der Waals surface area contributed by atoms with Crippen molar-refractivity contribution in [3.8, 4) is 22.4 Å². The van der Waals surface area contributed by atoms with Crippen LogP contribution < -0.4 is 0 Å². The lowest BCUT2D eigenvalue weighted by Gasteiger charge is -2.20. The second-order valence-electron chi connectivity index (χ2n) is 7.87. The molecule has 162 valence electrons. The smallest absolute Gasteiger partial charge is 0.267 e. The highest BCUT2D eigenvalue weighted by Crippen LogP contribution is 2.40. The Balaban J connectivity index is 1.68. The maximum absolute atomic E-state index is 13.7. The zero-order chi connectivity index (χ0) is 23.1. The van der Waals surface area contributed by atoms with Crippen LogP contribution in [0.2, 0.25) is 5.02 Å². The molecule has 0 N–H and O–H groups in total. The minimum Gasteiger partial charge on any atom is -0.267 e. The first kappa shape index (κ1) is 20.8. The highest BCUT2D eigenvalue weighted by atomic mass is 35.5. The first-order valence-electron chi connectivity index (χ1n) is 10.4. The number of rotatable bonds is 4. The largest absolute Gasteiger partial charge is 0.287 e. The summed E-state index contributed by atoms with van der Waals surface area (Å²) in [4.78, 5) is 24.2. The van der Waals surface area contributed by atoms with Crippen LogP contribution >= 0.6 is 11.6 Å². The second-order valence-corrected chi connectivity index (χ2v) is 8.28. The van der Waals surface area contributed by atoms with Gasteiger partial charge >= 0.3 is 0 Å². The quantitative estimate of drug-likeness (QED) is 0.261. The number of carbonyl (C=O) groups excluding carboxylic acids is 1. The third-order valence-corrected chi connectivity index (χ3v) is 6.09. The Hall–Kier alpha value is -4.03. The van der Waals surface area contributed by atoms with Crippen LogP contribution in [0.4, 0.5) is 5.69 Å². The summed E-state index contributed by atoms with van der Waals surface area (Å²) in [6, 6.07) is 24.0. The van der Waals surface area contributed by atoms with Crippen molar-refractivity contribution in [1.82, 2.24) is 9.78 Å². The van der Waals surface area contributed by atoms with Gasteiger partial charge in [0.05, 0.1) is 10.6 Å². The van der Waals surface area contributed by atoms with E-state index in [-0.39, 0.29) is 16.6 Å². The van der Waals surface area contributed by atoms with Crippen molar-refractivity contribution in [2.24, 2.45) is 0 Å². The van der Waals surface area contributed by atoms with Gasteiger partial charge in [0.15, 0.2) is 0 Å². The van der Waals surface area contributed by atoms with E-state index in [1.54, 1.807) is 6.07 Å². The lowest BCUT2D eigenvalue weighted by atomic mass is 9.90. The number of nitrogens with zero attached hydrogens (tertiary/aromatic N) is 3. The summed E-state index contributed by atoms with van der Waals surface area (Å²) >= 11 is 6.13. The molecule has 1 aromatic heterocycles. The zero-order valence-electron chi connectivity index (χ0n) is 17.7. The van der Waals surface area contributed by atoms with Crippen molar-refractivity contribution in [3.05, 3.63) is 111 Å². The van der Waals surface area contributed by atoms with E-state index in [4.69, 9.17) is 16.7 Å². The van der Waals surface area contributed by atoms with Gasteiger partial charge < -0.3 is 0 Å². The predicted molar refractivity (Wildman–Crippen MR) is 128 cm³/mol. The molecular formula is C26H18ClN3O3. The number of nitro benzene ring substituents is 1. The van der Waals surface area contributed by atoms with Crippen LogP contribution in [-0.4, -0.2) is 20.6 Å². The molecule has 0 aliphatic carbocycles. The second kappa shape index (κ2) is 8.15. The van der Waals surface area contributed by atoms with Crippen LogP contribution in [-0.2, 0) is 6.42 Å². The van der Waals surface area contributed by atoms with Crippen molar-refractivity contribution in [2.75, 3.05) is 0 Å². The maximum Gasteiger partial charge on any atom is 0.287 e. The molecule has 0 bridgehead atoms. The number of aromatic nitrogens is 2. The molecule has 33 heavy (non-hydrogen) atoms. The fraction of sp³-hybridized carbons (Fsp3) is 0.0769. The number of carbonyl (C=O) groups is 1. The molecule has 0 atom stereocenters. The lowest BCUT2D eigenvalue weighted by Crippen LogP contribution is -2.23. The molecule has 0 radical (unpaired) electrons. The maximum atomic E-state index is 13.7. The first-order chi connectivity index (χ1) is 16.0. The highest BCUT2D eigenvalue weighted by Gasteiger charge is 2.31. The van der Waals surface area contributed by atoms with Gasteiger partial charge in [-0.3, -0.25) is 14.9 Å². The fourth-order valence-corrected chi connectivity index (χ4v) is 4.55. The minimum atomic E-state index is -0.542. The summed E-state index contributed by atoms with van der Waals surface area (Å²) in [7, 11) is 0. The van der Waals surface area contributed by atoms with Crippen molar-refractivity contribution in [3.63, 3.8) is 0 Å². The summed E-state index contributed by atoms with van der Waals surface area (Å²) in [6.45, 7) is 1.90. The fourth-order valence-electron chi connectivity index (χ4n) is 4.30. The number of halogens is 1. The average Bonchev–Trinajstić information content (AvgIpc) is 3.19. The van der Waals surface area contributed by atoms with Crippen LogP contribution in [0.15, 0.2) is 84.4 Å². The van der Waals surface area contributed by atoms with Gasteiger partial charge in [-0.25, -0.2) is 0 Å². The first-order valence-corrected chi connectivity index (χ1v) is 10.7. The summed E-state index contributed by atoms with van der Waals surface area (Å²) in [6.07, 6.45) is 0.514. The van der Waals surface area contributed by atoms with Crippen molar-refractivity contribution in [2.45, 2.75) is 13.3 Å². The average molecular weight is 456 g/mol. The molecule has 2 heterocycles. The molecule has 5 rings (SSSR count). The number of benzene rings is 3. The third-order valence-electron chi connectivity index (χ3n) is 5.79. The minimum absolute atomic E-state index is 0.00758. The zero-order valence-corrected chi connectivity index (χ0v) is 18.4. The highest BCUT2D eigenvalue weighted by molar-refractivity contribution is 6.33. The Bertz CT molecular complexity index is 1440. The molecule has 0 unspecified atom stereocenters. The predicted octanol–water partition coefficient (Wildman–Crippen LogP) is 6.45. The van der Waals surface area contributed by atoms with E-state index in [9.17, 15) is 14.9 Å². The summed E-state index contributed by atoms with van der Waals surface area (Å²) in [5.41, 5.74) is 6.05. The summed E-state index contributed by atoms with van der Waals surface area (Å²) in [5.74, 6) is -0.280. The van der Waals surface area contributed by atoms with Crippen molar-refractivity contribution in [1.29, 1.82) is 0 Å². The number of hydrogen-bond acceptors (Lipinski definition) is 4. The third kappa shape index (κ3) is 3.54. The molecule has 0 saturated heterocycles. The summed E-state index contributed by atoms with van der Waals surface area (Å²) in [5, 5.41) is 15.9. The van der Waals surface area contributed by atoms with E-state index in [0.29, 0.717) is 17.6 Å². The Labute approximate surface area is 194 Å². The molecule has 1 aliphatic heterocycles. The van der Waals surface area contributed by atoms with E-state index < -0.39 is 4.92 Å². The van der Waals surface area contributed by atoms with Gasteiger partial charge in [-0.05, 0) is 30.2 Å². The SMILES string of the molecule is CC1=C(c2ccc([N+](=O)[O-])c(Cl)c2)C(=O)n2nc(-c3ccccc3)c(-c3ccccc3)c2C1. The standard InChI is InChI=1S/C26H18ClN3O3/c1-16-14-22-24(17-8-4-2-5-9-17)25(18-10-6-3-7-11-18)28-29(22)26(31)23(16)19-12-13-21(30(32)33)20(27)15-19/h2-13,15H,14H2,1H3. The van der Waals surface area contributed by atoms with Crippen LogP contribution in [0.1, 0.15) is 23.0 Å². The molecule has 7 heteroatoms. The topological polar surface area (TPSA) is 78.0 Å². The van der Waals surface area contributed by atoms with Gasteiger partial charge in [0, 0.05) is 29.2 Å². The lowest BCUT2D eigenvalue weighted by molar-refractivity contribution is -0.384. The van der Waals surface area contributed by atoms with E-state index in [1.165, 1.54) is 16.8 Å². The van der Waals surface area contributed by atoms with Crippen LogP contribution in [0, 0.1) is 10.1 Å². The van der Waals surface area contributed by atoms with E-state index in [2.05, 4.69) is 0 Å². The molecule has 0 spiro atoms. The Morgan fingerprint density at radius 3 is 2.18 bits per heavy atom. The summed E-state index contributed by atoms with van der Waals surface area (Å²) < 4.78 is 1.46. The van der Waals surface area contributed by atoms with Crippen LogP contribution in [0.25, 0.3) is 28.0 Å². The monoisotopic (exact) mass is 455 g/mol. The molecule has 6 nitrogen and oxygen atoms in total. The van der Waals surface area contributed by atoms with E-state index in [1.807, 2.05) is 67.6 Å². The Morgan fingerprint density at radius 1 is 0.939 bits per heavy atom. The van der Waals surface area contributed by atoms with Gasteiger partial charge in [-0.15, -0.1) is 0 Å². The molecule has 4 aromatic rings. The van der Waals surface area contributed by atoms with Gasteiger partial charge in [0.2, 0.25) is 0 Å². The van der Waals surface area contributed by atoms with Crippen LogP contribution in [0.5, 0.6) is 0 Å². The molecule has 0 saturated carbocycles. The molecular weight excluding hydrogens is 438 g/mol. The van der Waals surface area contributed by atoms with Crippen molar-refractivity contribution >= 4 is 28.8 Å². The Kier molecular flexibility index (Phi) is 5.15. The number of nitro groups is 1. The van der Waals surface area contributed by atoms with E-state index >= 15 is 0 Å². The molecule has 3 aromatic carbocycles. The molecule has 0 amide bonds. The molecule has 1 aliphatic rings. The van der Waals surface area contributed by atoms with Gasteiger partial charge in [0.1, 0.15) is 10.7 Å². The molecule has 0 fully saturated rings. The van der Waals surface area contributed by atoms with Crippen LogP contribution in [0.3, 0.4) is 0 Å². The van der Waals surface area contributed by atoms with Gasteiger partial charge in [-0.1, -0.05) is 77.8 Å².